The number of aromatic hydroxyl groups is 1. The summed E-state index contributed by atoms with van der Waals surface area (Å²) in [5, 5.41) is 9.39. The van der Waals surface area contributed by atoms with Crippen LogP contribution in [0.1, 0.15) is 18.3 Å². The molecule has 76 valence electrons. The number of phenolic OH excluding ortho intramolecular Hbond substituents is 1. The molecule has 0 amide bonds. The van der Waals surface area contributed by atoms with E-state index >= 15 is 0 Å². The molecule has 0 aliphatic carbocycles. The van der Waals surface area contributed by atoms with Gasteiger partial charge in [-0.1, -0.05) is 6.07 Å². The van der Waals surface area contributed by atoms with E-state index < -0.39 is 0 Å². The molecule has 0 unspecified atom stereocenters. The number of rotatable bonds is 1. The van der Waals surface area contributed by atoms with E-state index in [9.17, 15) is 5.11 Å². The van der Waals surface area contributed by atoms with E-state index in [1.807, 2.05) is 0 Å². The highest BCUT2D eigenvalue weighted by Gasteiger charge is 2.17. The highest BCUT2D eigenvalue weighted by atomic mass is 16.7. The van der Waals surface area contributed by atoms with Gasteiger partial charge in [0, 0.05) is 5.56 Å². The van der Waals surface area contributed by atoms with Crippen molar-refractivity contribution in [2.45, 2.75) is 12.7 Å². The van der Waals surface area contributed by atoms with Crippen LogP contribution in [-0.2, 0) is 9.47 Å². The Morgan fingerprint density at radius 2 is 2.00 bits per heavy atom. The van der Waals surface area contributed by atoms with Crippen LogP contribution >= 0.6 is 0 Å². The maximum Gasteiger partial charge on any atom is 0.183 e. The lowest BCUT2D eigenvalue weighted by molar-refractivity contribution is -0.183. The predicted molar refractivity (Wildman–Crippen MR) is 51.8 cm³/mol. The molecule has 2 rings (SSSR count). The summed E-state index contributed by atoms with van der Waals surface area (Å²) < 4.78 is 10.8. The third-order valence-corrected chi connectivity index (χ3v) is 2.15. The Hall–Kier alpha value is -1.26. The summed E-state index contributed by atoms with van der Waals surface area (Å²) in [5.74, 6) is 0.0697. The van der Waals surface area contributed by atoms with Crippen molar-refractivity contribution >= 4 is 5.69 Å². The van der Waals surface area contributed by atoms with Crippen LogP contribution in [0.3, 0.4) is 0 Å². The van der Waals surface area contributed by atoms with E-state index in [1.54, 1.807) is 18.2 Å². The average molecular weight is 195 g/mol. The standard InChI is InChI=1S/C10H13NO3/c11-8-3-2-7(6-9(8)12)10-13-4-1-5-14-10/h2-3,6,10,12H,1,4-5,11H2. The molecule has 0 spiro atoms. The van der Waals surface area contributed by atoms with E-state index in [4.69, 9.17) is 15.2 Å². The molecule has 4 nitrogen and oxygen atoms in total. The van der Waals surface area contributed by atoms with Crippen LogP contribution in [0.15, 0.2) is 18.2 Å². The summed E-state index contributed by atoms with van der Waals surface area (Å²) in [6, 6.07) is 5.02. The highest BCUT2D eigenvalue weighted by molar-refractivity contribution is 5.53. The molecule has 3 N–H and O–H groups in total. The highest BCUT2D eigenvalue weighted by Crippen LogP contribution is 2.28. The van der Waals surface area contributed by atoms with Gasteiger partial charge in [-0.25, -0.2) is 0 Å². The van der Waals surface area contributed by atoms with Crippen molar-refractivity contribution in [3.63, 3.8) is 0 Å². The third kappa shape index (κ3) is 1.81. The second kappa shape index (κ2) is 3.86. The van der Waals surface area contributed by atoms with Crippen LogP contribution in [0.2, 0.25) is 0 Å². The van der Waals surface area contributed by atoms with Gasteiger partial charge in [0.2, 0.25) is 0 Å². The van der Waals surface area contributed by atoms with Crippen LogP contribution < -0.4 is 5.73 Å². The minimum Gasteiger partial charge on any atom is -0.506 e. The number of nitrogens with two attached hydrogens (primary N) is 1. The lowest BCUT2D eigenvalue weighted by Gasteiger charge is -2.23. The molecule has 0 saturated carbocycles. The molecule has 1 heterocycles. The maximum absolute atomic E-state index is 9.39. The number of ether oxygens (including phenoxy) is 2. The number of benzene rings is 1. The number of hydrogen-bond donors (Lipinski definition) is 2. The molecule has 0 aromatic heterocycles. The van der Waals surface area contributed by atoms with Crippen molar-refractivity contribution in [2.75, 3.05) is 18.9 Å². The topological polar surface area (TPSA) is 64.7 Å². The first-order chi connectivity index (χ1) is 6.77. The molecule has 14 heavy (non-hydrogen) atoms. The van der Waals surface area contributed by atoms with E-state index in [1.165, 1.54) is 0 Å². The van der Waals surface area contributed by atoms with Gasteiger partial charge in [0.05, 0.1) is 18.9 Å². The van der Waals surface area contributed by atoms with Gasteiger partial charge in [-0.2, -0.15) is 0 Å². The van der Waals surface area contributed by atoms with Gasteiger partial charge in [-0.05, 0) is 18.6 Å². The number of hydrogen-bond acceptors (Lipinski definition) is 4. The summed E-state index contributed by atoms with van der Waals surface area (Å²) in [6.45, 7) is 1.38. The van der Waals surface area contributed by atoms with Gasteiger partial charge < -0.3 is 20.3 Å². The van der Waals surface area contributed by atoms with Crippen molar-refractivity contribution in [3.8, 4) is 5.75 Å². The summed E-state index contributed by atoms with van der Waals surface area (Å²) >= 11 is 0. The van der Waals surface area contributed by atoms with Gasteiger partial charge in [-0.3, -0.25) is 0 Å². The molecular formula is C10H13NO3. The first-order valence-electron chi connectivity index (χ1n) is 4.59. The van der Waals surface area contributed by atoms with Gasteiger partial charge in [0.25, 0.3) is 0 Å². The van der Waals surface area contributed by atoms with Crippen LogP contribution in [0.25, 0.3) is 0 Å². The largest absolute Gasteiger partial charge is 0.506 e. The fourth-order valence-electron chi connectivity index (χ4n) is 1.39. The Kier molecular flexibility index (Phi) is 2.56. The minimum absolute atomic E-state index is 0.0697. The molecule has 1 saturated heterocycles. The van der Waals surface area contributed by atoms with E-state index in [-0.39, 0.29) is 12.0 Å². The van der Waals surface area contributed by atoms with Crippen LogP contribution in [-0.4, -0.2) is 18.3 Å². The van der Waals surface area contributed by atoms with Crippen LogP contribution in [0.4, 0.5) is 5.69 Å². The SMILES string of the molecule is Nc1ccc(C2OCCCO2)cc1O. The minimum atomic E-state index is -0.366. The van der Waals surface area contributed by atoms with Crippen molar-refractivity contribution in [1.82, 2.24) is 0 Å². The fraction of sp³-hybridized carbons (Fsp3) is 0.400. The van der Waals surface area contributed by atoms with Gasteiger partial charge in [-0.15, -0.1) is 0 Å². The van der Waals surface area contributed by atoms with Crippen molar-refractivity contribution in [3.05, 3.63) is 23.8 Å². The van der Waals surface area contributed by atoms with Crippen molar-refractivity contribution < 1.29 is 14.6 Å². The molecule has 1 aliphatic heterocycles. The zero-order valence-corrected chi connectivity index (χ0v) is 7.77. The Morgan fingerprint density at radius 3 is 2.64 bits per heavy atom. The maximum atomic E-state index is 9.39. The Labute approximate surface area is 82.2 Å². The van der Waals surface area contributed by atoms with E-state index in [0.717, 1.165) is 12.0 Å². The second-order valence-corrected chi connectivity index (χ2v) is 3.25. The summed E-state index contributed by atoms with van der Waals surface area (Å²) in [6.07, 6.45) is 0.549. The zero-order chi connectivity index (χ0) is 9.97. The Balaban J connectivity index is 2.18. The monoisotopic (exact) mass is 195 g/mol. The fourth-order valence-corrected chi connectivity index (χ4v) is 1.39. The van der Waals surface area contributed by atoms with E-state index in [0.29, 0.717) is 18.9 Å². The van der Waals surface area contributed by atoms with E-state index in [2.05, 4.69) is 0 Å². The third-order valence-electron chi connectivity index (χ3n) is 2.15. The summed E-state index contributed by atoms with van der Waals surface area (Å²) in [5.41, 5.74) is 6.65. The number of phenols is 1. The lowest BCUT2D eigenvalue weighted by Crippen LogP contribution is -2.17. The van der Waals surface area contributed by atoms with Crippen LogP contribution in [0, 0.1) is 0 Å². The smallest absolute Gasteiger partial charge is 0.183 e. The molecule has 1 aromatic rings. The molecule has 0 radical (unpaired) electrons. The molecule has 4 heteroatoms. The zero-order valence-electron chi connectivity index (χ0n) is 7.77. The molecular weight excluding hydrogens is 182 g/mol. The van der Waals surface area contributed by atoms with Gasteiger partial charge in [0.15, 0.2) is 6.29 Å². The first kappa shape index (κ1) is 9.30. The molecule has 1 fully saturated rings. The van der Waals surface area contributed by atoms with Crippen molar-refractivity contribution in [2.24, 2.45) is 0 Å². The normalized spacial score (nSPS) is 18.3. The molecule has 1 aromatic carbocycles. The number of anilines is 1. The first-order valence-corrected chi connectivity index (χ1v) is 4.59. The Morgan fingerprint density at radius 1 is 1.29 bits per heavy atom. The van der Waals surface area contributed by atoms with Gasteiger partial charge >= 0.3 is 0 Å². The van der Waals surface area contributed by atoms with Crippen molar-refractivity contribution in [1.29, 1.82) is 0 Å². The number of nitrogen functional groups attached to an aromatic ring is 1. The van der Waals surface area contributed by atoms with Crippen LogP contribution in [0.5, 0.6) is 5.75 Å². The lowest BCUT2D eigenvalue weighted by atomic mass is 10.2. The van der Waals surface area contributed by atoms with Gasteiger partial charge in [0.1, 0.15) is 5.75 Å². The summed E-state index contributed by atoms with van der Waals surface area (Å²) in [7, 11) is 0. The summed E-state index contributed by atoms with van der Waals surface area (Å²) in [4.78, 5) is 0. The molecule has 0 atom stereocenters. The second-order valence-electron chi connectivity index (χ2n) is 3.25. The Bertz CT molecular complexity index is 321. The quantitative estimate of drug-likeness (QED) is 0.525. The predicted octanol–water partition coefficient (Wildman–Crippen LogP) is 1.41. The average Bonchev–Trinajstić information content (AvgIpc) is 2.23. The molecule has 1 aliphatic rings. The molecule has 0 bridgehead atoms.